The summed E-state index contributed by atoms with van der Waals surface area (Å²) >= 11 is 0. The third-order valence-corrected chi connectivity index (χ3v) is 7.46. The van der Waals surface area contributed by atoms with Crippen molar-refractivity contribution < 1.29 is 32.8 Å². The summed E-state index contributed by atoms with van der Waals surface area (Å²) < 4.78 is 0. The molecule has 1 aromatic heterocycles. The van der Waals surface area contributed by atoms with Crippen molar-refractivity contribution in [3.63, 3.8) is 0 Å². The Morgan fingerprint density at radius 2 is 1.33 bits per heavy atom. The molecule has 2 fully saturated rings. The fourth-order valence-corrected chi connectivity index (χ4v) is 6.12. The van der Waals surface area contributed by atoms with Gasteiger partial charge in [-0.1, -0.05) is 75.1 Å². The molecule has 4 rings (SSSR count). The second-order valence-electron chi connectivity index (χ2n) is 7.35. The molecule has 0 unspecified atom stereocenters. The minimum absolute atomic E-state index is 0. The molecule has 0 N–H and O–H groups in total. The Morgan fingerprint density at radius 3 is 1.81 bits per heavy atom. The van der Waals surface area contributed by atoms with Crippen LogP contribution in [-0.2, 0) is 20.4 Å². The zero-order valence-electron chi connectivity index (χ0n) is 16.0. The van der Waals surface area contributed by atoms with Crippen LogP contribution in [0.5, 0.6) is 0 Å². The van der Waals surface area contributed by atoms with Crippen molar-refractivity contribution in [1.29, 1.82) is 0 Å². The average molecular weight is 494 g/mol. The van der Waals surface area contributed by atoms with Crippen LogP contribution in [0, 0.1) is 6.07 Å². The van der Waals surface area contributed by atoms with Crippen LogP contribution in [0.3, 0.4) is 0 Å². The Bertz CT molecular complexity index is 530. The molecule has 1 aromatic carbocycles. The van der Waals surface area contributed by atoms with Gasteiger partial charge in [-0.05, 0) is 48.3 Å². The fourth-order valence-electron chi connectivity index (χ4n) is 3.97. The number of rotatable bonds is 3. The maximum Gasteiger partial charge on any atom is 2.00 e. The molecule has 2 aliphatic rings. The van der Waals surface area contributed by atoms with Crippen molar-refractivity contribution in [2.45, 2.75) is 75.5 Å². The third-order valence-electron chi connectivity index (χ3n) is 5.37. The molecule has 150 valence electrons. The van der Waals surface area contributed by atoms with Crippen LogP contribution in [0.1, 0.15) is 64.2 Å². The number of aromatic nitrogens is 1. The van der Waals surface area contributed by atoms with Crippen LogP contribution < -0.4 is 12.4 Å². The van der Waals surface area contributed by atoms with E-state index in [-0.39, 0.29) is 32.8 Å². The second-order valence-corrected chi connectivity index (χ2v) is 9.31. The third kappa shape index (κ3) is 9.19. The largest absolute Gasteiger partial charge is 2.00 e. The van der Waals surface area contributed by atoms with E-state index in [1.54, 1.807) is 31.9 Å². The Morgan fingerprint density at radius 1 is 0.778 bits per heavy atom. The predicted molar refractivity (Wildman–Crippen MR) is 111 cm³/mol. The van der Waals surface area contributed by atoms with Gasteiger partial charge in [-0.2, -0.15) is 6.07 Å². The summed E-state index contributed by atoms with van der Waals surface area (Å²) in [7, 11) is 1.33. The van der Waals surface area contributed by atoms with E-state index in [4.69, 9.17) is 0 Å². The summed E-state index contributed by atoms with van der Waals surface area (Å²) in [4.78, 5) is 4.19. The van der Waals surface area contributed by atoms with E-state index in [1.165, 1.54) is 47.1 Å². The molecule has 0 radical (unpaired) electrons. The first-order valence-electron chi connectivity index (χ1n) is 10.1. The summed E-state index contributed by atoms with van der Waals surface area (Å²) in [5.74, 6) is 0. The SMILES string of the molecule is C1CCC(PC2CCCCC2)CC1.[Cl-].[Pd+2].[c-]1ccc(-c2ccccc2)nc1. The van der Waals surface area contributed by atoms with Gasteiger partial charge in [-0.25, -0.2) is 12.1 Å². The van der Waals surface area contributed by atoms with Crippen molar-refractivity contribution in [1.82, 2.24) is 4.98 Å². The van der Waals surface area contributed by atoms with Gasteiger partial charge in [0.2, 0.25) is 0 Å². The summed E-state index contributed by atoms with van der Waals surface area (Å²) in [6, 6.07) is 16.8. The zero-order chi connectivity index (χ0) is 17.2. The Hall–Kier alpha value is -0.248. The van der Waals surface area contributed by atoms with Gasteiger partial charge in [0.1, 0.15) is 0 Å². The quantitative estimate of drug-likeness (QED) is 0.359. The van der Waals surface area contributed by atoms with Crippen LogP contribution in [0.15, 0.2) is 48.7 Å². The first kappa shape index (κ1) is 24.8. The molecule has 2 saturated carbocycles. The summed E-state index contributed by atoms with van der Waals surface area (Å²) in [5, 5.41) is 0. The molecule has 0 atom stereocenters. The van der Waals surface area contributed by atoms with E-state index >= 15 is 0 Å². The normalized spacial score (nSPS) is 17.6. The van der Waals surface area contributed by atoms with Crippen molar-refractivity contribution in [3.8, 4) is 11.3 Å². The van der Waals surface area contributed by atoms with Gasteiger partial charge in [0.25, 0.3) is 0 Å². The summed E-state index contributed by atoms with van der Waals surface area (Å²) in [5.41, 5.74) is 4.44. The number of benzene rings is 1. The summed E-state index contributed by atoms with van der Waals surface area (Å²) in [6.07, 6.45) is 17.1. The molecule has 1 heterocycles. The van der Waals surface area contributed by atoms with Gasteiger partial charge < -0.3 is 12.4 Å². The number of halogens is 1. The topological polar surface area (TPSA) is 12.9 Å². The first-order valence-corrected chi connectivity index (χ1v) is 11.2. The van der Waals surface area contributed by atoms with E-state index in [2.05, 4.69) is 11.1 Å². The molecular formula is C23H31ClNPPd. The molecule has 2 aliphatic carbocycles. The van der Waals surface area contributed by atoms with Gasteiger partial charge >= 0.3 is 20.4 Å². The van der Waals surface area contributed by atoms with Gasteiger partial charge in [0.05, 0.1) is 0 Å². The van der Waals surface area contributed by atoms with Gasteiger partial charge in [-0.15, -0.1) is 8.58 Å². The van der Waals surface area contributed by atoms with Gasteiger partial charge in [-0.3, -0.25) is 4.98 Å². The molecule has 1 nitrogen and oxygen atoms in total. The van der Waals surface area contributed by atoms with Crippen LogP contribution in [0.2, 0.25) is 0 Å². The Labute approximate surface area is 187 Å². The number of hydrogen-bond donors (Lipinski definition) is 0. The molecule has 27 heavy (non-hydrogen) atoms. The van der Waals surface area contributed by atoms with Crippen molar-refractivity contribution in [2.24, 2.45) is 0 Å². The van der Waals surface area contributed by atoms with Crippen LogP contribution in [0.4, 0.5) is 0 Å². The van der Waals surface area contributed by atoms with E-state index in [0.29, 0.717) is 0 Å². The minimum atomic E-state index is 0. The molecule has 0 aliphatic heterocycles. The van der Waals surface area contributed by atoms with Crippen LogP contribution in [-0.4, -0.2) is 16.3 Å². The van der Waals surface area contributed by atoms with Crippen LogP contribution in [0.25, 0.3) is 11.3 Å². The maximum absolute atomic E-state index is 4.19. The zero-order valence-corrected chi connectivity index (χ0v) is 19.3. The molecular weight excluding hydrogens is 463 g/mol. The van der Waals surface area contributed by atoms with Crippen molar-refractivity contribution in [2.75, 3.05) is 0 Å². The van der Waals surface area contributed by atoms with E-state index < -0.39 is 0 Å². The number of pyridine rings is 1. The molecule has 0 spiro atoms. The van der Waals surface area contributed by atoms with Crippen molar-refractivity contribution in [3.05, 3.63) is 54.7 Å². The minimum Gasteiger partial charge on any atom is -1.00 e. The van der Waals surface area contributed by atoms with Gasteiger partial charge in [0, 0.05) is 0 Å². The van der Waals surface area contributed by atoms with Crippen molar-refractivity contribution >= 4 is 8.58 Å². The molecule has 4 heteroatoms. The van der Waals surface area contributed by atoms with E-state index in [1.807, 2.05) is 42.5 Å². The fraction of sp³-hybridized carbons (Fsp3) is 0.522. The first-order chi connectivity index (χ1) is 12.4. The summed E-state index contributed by atoms with van der Waals surface area (Å²) in [6.45, 7) is 0. The Kier molecular flexibility index (Phi) is 13.5. The molecule has 2 aromatic rings. The Balaban J connectivity index is 0.000000252. The smallest absolute Gasteiger partial charge is 1.00 e. The number of hydrogen-bond acceptors (Lipinski definition) is 1. The average Bonchev–Trinajstić information content (AvgIpc) is 2.71. The van der Waals surface area contributed by atoms with E-state index in [9.17, 15) is 0 Å². The number of nitrogens with zero attached hydrogens (tertiary/aromatic N) is 1. The second kappa shape index (κ2) is 14.7. The standard InChI is InChI=1S/C12H23P.C11H8N.ClH.Pd/c1-3-7-11(8-4-1)13-12-9-5-2-6-10-12;1-2-6-10(7-3-1)11-8-4-5-9-12-11;;/h11-13H,1-10H2;1-4,6-9H;1H;/q;-1;;+2/p-1. The molecule has 0 bridgehead atoms. The van der Waals surface area contributed by atoms with Gasteiger partial charge in [0.15, 0.2) is 0 Å². The monoisotopic (exact) mass is 493 g/mol. The maximum atomic E-state index is 4.19. The predicted octanol–water partition coefficient (Wildman–Crippen LogP) is 3.88. The van der Waals surface area contributed by atoms with E-state index in [0.717, 1.165) is 22.6 Å². The molecule has 0 amide bonds. The van der Waals surface area contributed by atoms with Crippen LogP contribution >= 0.6 is 8.58 Å². The molecule has 0 saturated heterocycles.